The summed E-state index contributed by atoms with van der Waals surface area (Å²) in [5, 5.41) is 7.28. The van der Waals surface area contributed by atoms with Gasteiger partial charge in [0.1, 0.15) is 5.82 Å². The van der Waals surface area contributed by atoms with Gasteiger partial charge in [-0.2, -0.15) is 5.10 Å². The fourth-order valence-electron chi connectivity index (χ4n) is 3.28. The van der Waals surface area contributed by atoms with Crippen LogP contribution in [-0.4, -0.2) is 38.6 Å². The van der Waals surface area contributed by atoms with Gasteiger partial charge in [-0.25, -0.2) is 18.9 Å². The highest BCUT2D eigenvalue weighted by Crippen LogP contribution is 2.26. The number of hydrogen-bond acceptors (Lipinski definition) is 5. The van der Waals surface area contributed by atoms with E-state index in [2.05, 4.69) is 25.3 Å². The Hall–Kier alpha value is -3.52. The third-order valence-corrected chi connectivity index (χ3v) is 5.30. The van der Waals surface area contributed by atoms with Crippen molar-refractivity contribution in [1.29, 1.82) is 0 Å². The van der Waals surface area contributed by atoms with Crippen molar-refractivity contribution in [3.8, 4) is 11.3 Å². The minimum absolute atomic E-state index is 0.00804. The SMILES string of the molecule is O=C(Nc1ccnc(N2CCC2)c1)c1cnc2ccc(-c3cccc(Cl)c3F)nn12. The van der Waals surface area contributed by atoms with Gasteiger partial charge in [-0.15, -0.1) is 0 Å². The zero-order chi connectivity index (χ0) is 20.7. The number of hydrogen-bond donors (Lipinski definition) is 1. The maximum Gasteiger partial charge on any atom is 0.276 e. The smallest absolute Gasteiger partial charge is 0.276 e. The fraction of sp³-hybridized carbons (Fsp3) is 0.143. The lowest BCUT2D eigenvalue weighted by molar-refractivity contribution is 0.102. The minimum Gasteiger partial charge on any atom is -0.356 e. The monoisotopic (exact) mass is 422 g/mol. The molecule has 0 aliphatic carbocycles. The van der Waals surface area contributed by atoms with E-state index in [-0.39, 0.29) is 22.2 Å². The molecule has 1 fully saturated rings. The first-order valence-electron chi connectivity index (χ1n) is 9.42. The molecule has 0 spiro atoms. The highest BCUT2D eigenvalue weighted by atomic mass is 35.5. The van der Waals surface area contributed by atoms with Crippen molar-refractivity contribution in [1.82, 2.24) is 19.6 Å². The van der Waals surface area contributed by atoms with Crippen LogP contribution in [0.2, 0.25) is 5.02 Å². The van der Waals surface area contributed by atoms with E-state index < -0.39 is 5.82 Å². The fourth-order valence-corrected chi connectivity index (χ4v) is 3.46. The van der Waals surface area contributed by atoms with Gasteiger partial charge in [-0.1, -0.05) is 17.7 Å². The van der Waals surface area contributed by atoms with Crippen LogP contribution in [-0.2, 0) is 0 Å². The molecule has 1 amide bonds. The number of pyridine rings is 1. The molecule has 1 N–H and O–H groups in total. The molecule has 0 radical (unpaired) electrons. The second kappa shape index (κ2) is 7.38. The molecule has 0 saturated carbocycles. The standard InChI is InChI=1S/C21H16ClFN6O/c22-15-4-1-3-14(20(15)23)16-5-6-18-25-12-17(29(18)27-16)21(30)26-13-7-8-24-19(11-13)28-9-2-10-28/h1,3-8,11-12H,2,9-10H2,(H,24,26,30). The molecule has 9 heteroatoms. The van der Waals surface area contributed by atoms with Crippen LogP contribution in [0.4, 0.5) is 15.9 Å². The maximum atomic E-state index is 14.4. The van der Waals surface area contributed by atoms with E-state index in [0.29, 0.717) is 17.0 Å². The first-order valence-corrected chi connectivity index (χ1v) is 9.79. The molecule has 0 atom stereocenters. The van der Waals surface area contributed by atoms with Crippen LogP contribution in [0.15, 0.2) is 54.9 Å². The summed E-state index contributed by atoms with van der Waals surface area (Å²) in [7, 11) is 0. The number of aromatic nitrogens is 4. The highest BCUT2D eigenvalue weighted by molar-refractivity contribution is 6.31. The average Bonchev–Trinajstić information content (AvgIpc) is 3.12. The third-order valence-electron chi connectivity index (χ3n) is 5.01. The Morgan fingerprint density at radius 3 is 2.80 bits per heavy atom. The van der Waals surface area contributed by atoms with Gasteiger partial charge < -0.3 is 10.2 Å². The molecule has 1 aliphatic heterocycles. The summed E-state index contributed by atoms with van der Waals surface area (Å²) in [4.78, 5) is 23.6. The molecule has 4 heterocycles. The Balaban J connectivity index is 1.47. The molecule has 7 nitrogen and oxygen atoms in total. The quantitative estimate of drug-likeness (QED) is 0.537. The normalized spacial score (nSPS) is 13.3. The Morgan fingerprint density at radius 2 is 2.00 bits per heavy atom. The van der Waals surface area contributed by atoms with E-state index in [1.165, 1.54) is 16.8 Å². The topological polar surface area (TPSA) is 75.4 Å². The molecule has 3 aromatic heterocycles. The van der Waals surface area contributed by atoms with Crippen molar-refractivity contribution < 1.29 is 9.18 Å². The largest absolute Gasteiger partial charge is 0.356 e. The van der Waals surface area contributed by atoms with Gasteiger partial charge in [-0.3, -0.25) is 4.79 Å². The predicted molar refractivity (Wildman–Crippen MR) is 112 cm³/mol. The van der Waals surface area contributed by atoms with Gasteiger partial charge in [-0.05, 0) is 36.8 Å². The second-order valence-corrected chi connectivity index (χ2v) is 7.34. The van der Waals surface area contributed by atoms with Gasteiger partial charge in [0.2, 0.25) is 0 Å². The molecule has 4 aromatic rings. The Morgan fingerprint density at radius 1 is 1.13 bits per heavy atom. The number of carbonyl (C=O) groups excluding carboxylic acids is 1. The van der Waals surface area contributed by atoms with E-state index in [0.717, 1.165) is 25.3 Å². The van der Waals surface area contributed by atoms with Crippen LogP contribution in [0, 0.1) is 5.82 Å². The highest BCUT2D eigenvalue weighted by Gasteiger charge is 2.18. The number of nitrogens with zero attached hydrogens (tertiary/aromatic N) is 5. The minimum atomic E-state index is -0.563. The number of benzene rings is 1. The van der Waals surface area contributed by atoms with E-state index in [4.69, 9.17) is 11.6 Å². The van der Waals surface area contributed by atoms with Crippen LogP contribution in [0.25, 0.3) is 16.9 Å². The van der Waals surface area contributed by atoms with E-state index >= 15 is 0 Å². The lowest BCUT2D eigenvalue weighted by atomic mass is 10.1. The Bertz CT molecular complexity index is 1270. The summed E-state index contributed by atoms with van der Waals surface area (Å²) in [5.41, 5.74) is 1.93. The van der Waals surface area contributed by atoms with Crippen LogP contribution in [0.1, 0.15) is 16.9 Å². The van der Waals surface area contributed by atoms with Crippen molar-refractivity contribution in [2.75, 3.05) is 23.3 Å². The molecular weight excluding hydrogens is 407 g/mol. The summed E-state index contributed by atoms with van der Waals surface area (Å²) in [6.45, 7) is 1.93. The Kier molecular flexibility index (Phi) is 4.55. The second-order valence-electron chi connectivity index (χ2n) is 6.93. The average molecular weight is 423 g/mol. The lowest BCUT2D eigenvalue weighted by Crippen LogP contribution is -2.37. The summed E-state index contributed by atoms with van der Waals surface area (Å²) >= 11 is 5.89. The van der Waals surface area contributed by atoms with Crippen molar-refractivity contribution in [3.05, 3.63) is 71.4 Å². The van der Waals surface area contributed by atoms with Gasteiger partial charge in [0.15, 0.2) is 17.2 Å². The number of imidazole rings is 1. The van der Waals surface area contributed by atoms with Crippen molar-refractivity contribution in [3.63, 3.8) is 0 Å². The van der Waals surface area contributed by atoms with Crippen LogP contribution in [0.3, 0.4) is 0 Å². The molecule has 30 heavy (non-hydrogen) atoms. The number of anilines is 2. The van der Waals surface area contributed by atoms with Crippen molar-refractivity contribution >= 4 is 34.7 Å². The van der Waals surface area contributed by atoms with E-state index in [9.17, 15) is 9.18 Å². The Labute approximate surface area is 176 Å². The summed E-state index contributed by atoms with van der Waals surface area (Å²) in [6.07, 6.45) is 4.24. The lowest BCUT2D eigenvalue weighted by Gasteiger charge is -2.32. The van der Waals surface area contributed by atoms with Crippen LogP contribution >= 0.6 is 11.6 Å². The molecule has 1 aromatic carbocycles. The van der Waals surface area contributed by atoms with Crippen LogP contribution in [0.5, 0.6) is 0 Å². The molecule has 0 unspecified atom stereocenters. The zero-order valence-corrected chi connectivity index (χ0v) is 16.5. The van der Waals surface area contributed by atoms with E-state index in [1.807, 2.05) is 6.07 Å². The van der Waals surface area contributed by atoms with Crippen molar-refractivity contribution in [2.24, 2.45) is 0 Å². The summed E-state index contributed by atoms with van der Waals surface area (Å²) in [5.74, 6) is -0.110. The van der Waals surface area contributed by atoms with Crippen molar-refractivity contribution in [2.45, 2.75) is 6.42 Å². The van der Waals surface area contributed by atoms with Gasteiger partial charge in [0.05, 0.1) is 16.9 Å². The summed E-state index contributed by atoms with van der Waals surface area (Å²) < 4.78 is 15.8. The van der Waals surface area contributed by atoms with Gasteiger partial charge >= 0.3 is 0 Å². The molecular formula is C21H16ClFN6O. The molecule has 5 rings (SSSR count). The third kappa shape index (κ3) is 3.25. The molecule has 150 valence electrons. The van der Waals surface area contributed by atoms with Crippen LogP contribution < -0.4 is 10.2 Å². The molecule has 0 bridgehead atoms. The van der Waals surface area contributed by atoms with E-state index in [1.54, 1.807) is 36.5 Å². The number of nitrogens with one attached hydrogen (secondary N) is 1. The number of carbonyl (C=O) groups is 1. The molecule has 1 aliphatic rings. The van der Waals surface area contributed by atoms with Gasteiger partial charge in [0.25, 0.3) is 5.91 Å². The maximum absolute atomic E-state index is 14.4. The first-order chi connectivity index (χ1) is 14.6. The number of fused-ring (bicyclic) bond motifs is 1. The van der Waals surface area contributed by atoms with Gasteiger partial charge in [0, 0.05) is 36.6 Å². The number of amides is 1. The zero-order valence-electron chi connectivity index (χ0n) is 15.7. The first kappa shape index (κ1) is 18.5. The number of halogens is 2. The summed E-state index contributed by atoms with van der Waals surface area (Å²) in [6, 6.07) is 11.6. The number of rotatable bonds is 4. The predicted octanol–water partition coefficient (Wildman–Crippen LogP) is 4.05. The molecule has 1 saturated heterocycles.